The van der Waals surface area contributed by atoms with Gasteiger partial charge in [-0.3, -0.25) is 9.59 Å². The third-order valence-electron chi connectivity index (χ3n) is 4.26. The van der Waals surface area contributed by atoms with Crippen molar-refractivity contribution in [1.29, 1.82) is 0 Å². The molecule has 1 aliphatic carbocycles. The highest BCUT2D eigenvalue weighted by Crippen LogP contribution is 2.30. The second-order valence-corrected chi connectivity index (χ2v) is 5.92. The maximum Gasteiger partial charge on any atom is 0.305 e. The van der Waals surface area contributed by atoms with Gasteiger partial charge < -0.3 is 15.7 Å². The molecule has 1 fully saturated rings. The normalized spacial score (nSPS) is 19.3. The largest absolute Gasteiger partial charge is 0.481 e. The maximum atomic E-state index is 12.2. The molecule has 0 aliphatic heterocycles. The number of rotatable bonds is 8. The molecule has 1 rings (SSSR count). The topological polar surface area (TPSA) is 78.4 Å². The number of nitrogens with one attached hydrogen (secondary N) is 2. The molecular formula is C15H28N2O3. The van der Waals surface area contributed by atoms with E-state index in [0.717, 1.165) is 32.1 Å². The van der Waals surface area contributed by atoms with Crippen LogP contribution in [0.3, 0.4) is 0 Å². The molecule has 1 aliphatic rings. The van der Waals surface area contributed by atoms with Gasteiger partial charge in [0.25, 0.3) is 0 Å². The van der Waals surface area contributed by atoms with Gasteiger partial charge in [-0.25, -0.2) is 0 Å². The summed E-state index contributed by atoms with van der Waals surface area (Å²) < 4.78 is 0. The van der Waals surface area contributed by atoms with Crippen molar-refractivity contribution in [3.63, 3.8) is 0 Å². The molecule has 0 aromatic carbocycles. The van der Waals surface area contributed by atoms with Gasteiger partial charge in [-0.1, -0.05) is 32.6 Å². The highest BCUT2D eigenvalue weighted by molar-refractivity contribution is 5.78. The molecule has 20 heavy (non-hydrogen) atoms. The summed E-state index contributed by atoms with van der Waals surface area (Å²) in [6, 6.07) is -0.248. The number of hydrogen-bond donors (Lipinski definition) is 3. The molecular weight excluding hydrogens is 256 g/mol. The Balaban J connectivity index is 2.52. The van der Waals surface area contributed by atoms with Crippen molar-refractivity contribution in [2.24, 2.45) is 0 Å². The van der Waals surface area contributed by atoms with Crippen LogP contribution in [0, 0.1) is 0 Å². The van der Waals surface area contributed by atoms with Gasteiger partial charge in [0.05, 0.1) is 6.42 Å². The Morgan fingerprint density at radius 2 is 1.90 bits per heavy atom. The van der Waals surface area contributed by atoms with Gasteiger partial charge in [0.2, 0.25) is 5.91 Å². The fourth-order valence-corrected chi connectivity index (χ4v) is 3.11. The van der Waals surface area contributed by atoms with Crippen LogP contribution in [-0.4, -0.2) is 35.6 Å². The number of aliphatic carboxylic acids is 1. The van der Waals surface area contributed by atoms with Crippen molar-refractivity contribution in [1.82, 2.24) is 10.6 Å². The smallest absolute Gasteiger partial charge is 0.305 e. The van der Waals surface area contributed by atoms with Crippen LogP contribution in [-0.2, 0) is 9.59 Å². The summed E-state index contributed by atoms with van der Waals surface area (Å²) in [4.78, 5) is 23.0. The molecule has 116 valence electrons. The Labute approximate surface area is 121 Å². The van der Waals surface area contributed by atoms with Gasteiger partial charge in [0.15, 0.2) is 0 Å². The van der Waals surface area contributed by atoms with Crippen LogP contribution in [0.4, 0.5) is 0 Å². The number of carboxylic acid groups (broad SMARTS) is 1. The minimum Gasteiger partial charge on any atom is -0.481 e. The fraction of sp³-hybridized carbons (Fsp3) is 0.867. The Hall–Kier alpha value is -1.10. The Morgan fingerprint density at radius 3 is 2.40 bits per heavy atom. The zero-order chi connectivity index (χ0) is 15.0. The number of carboxylic acids is 1. The second-order valence-electron chi connectivity index (χ2n) is 5.92. The summed E-state index contributed by atoms with van der Waals surface area (Å²) in [6.45, 7) is 2.00. The monoisotopic (exact) mass is 284 g/mol. The second kappa shape index (κ2) is 8.25. The summed E-state index contributed by atoms with van der Waals surface area (Å²) in [5.74, 6) is -0.884. The highest BCUT2D eigenvalue weighted by Gasteiger charge is 2.33. The van der Waals surface area contributed by atoms with Crippen molar-refractivity contribution in [2.45, 2.75) is 76.3 Å². The number of carbonyl (C=O) groups is 2. The molecule has 0 aromatic rings. The predicted molar refractivity (Wildman–Crippen MR) is 78.6 cm³/mol. The van der Waals surface area contributed by atoms with E-state index < -0.39 is 5.97 Å². The quantitative estimate of drug-likeness (QED) is 0.637. The molecule has 3 N–H and O–H groups in total. The molecule has 1 amide bonds. The van der Waals surface area contributed by atoms with Crippen molar-refractivity contribution in [3.8, 4) is 0 Å². The summed E-state index contributed by atoms with van der Waals surface area (Å²) >= 11 is 0. The first-order valence-corrected chi connectivity index (χ1v) is 7.71. The van der Waals surface area contributed by atoms with E-state index in [4.69, 9.17) is 5.11 Å². The highest BCUT2D eigenvalue weighted by atomic mass is 16.4. The molecule has 0 spiro atoms. The lowest BCUT2D eigenvalue weighted by atomic mass is 9.79. The molecule has 0 aromatic heterocycles. The minimum absolute atomic E-state index is 0.00608. The maximum absolute atomic E-state index is 12.2. The van der Waals surface area contributed by atoms with Crippen molar-refractivity contribution in [3.05, 3.63) is 0 Å². The first-order chi connectivity index (χ1) is 9.51. The molecule has 1 unspecified atom stereocenters. The van der Waals surface area contributed by atoms with E-state index in [1.165, 1.54) is 6.42 Å². The lowest BCUT2D eigenvalue weighted by molar-refractivity contribution is -0.137. The number of carbonyl (C=O) groups excluding carboxylic acids is 1. The van der Waals surface area contributed by atoms with Gasteiger partial charge in [0, 0.05) is 18.0 Å². The standard InChI is InChI=1S/C15H28N2O3/c1-3-7-12(10-14(19)20)17-13(18)11-15(16-2)8-5-4-6-9-15/h12,16H,3-11H2,1-2H3,(H,17,18)(H,19,20). The Bertz CT molecular complexity index is 325. The molecule has 0 heterocycles. The Kier molecular flexibility index (Phi) is 6.99. The van der Waals surface area contributed by atoms with Crippen LogP contribution in [0.15, 0.2) is 0 Å². The minimum atomic E-state index is -0.857. The summed E-state index contributed by atoms with van der Waals surface area (Å²) in [7, 11) is 1.92. The van der Waals surface area contributed by atoms with E-state index in [1.807, 2.05) is 14.0 Å². The van der Waals surface area contributed by atoms with Crippen LogP contribution < -0.4 is 10.6 Å². The molecule has 0 saturated heterocycles. The SMILES string of the molecule is CCCC(CC(=O)O)NC(=O)CC1(NC)CCCCC1. The van der Waals surface area contributed by atoms with Gasteiger partial charge in [-0.2, -0.15) is 0 Å². The van der Waals surface area contributed by atoms with Gasteiger partial charge >= 0.3 is 5.97 Å². The van der Waals surface area contributed by atoms with Crippen LogP contribution >= 0.6 is 0 Å². The first kappa shape index (κ1) is 17.0. The van der Waals surface area contributed by atoms with E-state index in [1.54, 1.807) is 0 Å². The Morgan fingerprint density at radius 1 is 1.25 bits per heavy atom. The van der Waals surface area contributed by atoms with Gasteiger partial charge in [-0.15, -0.1) is 0 Å². The number of hydrogen-bond acceptors (Lipinski definition) is 3. The van der Waals surface area contributed by atoms with Gasteiger partial charge in [0.1, 0.15) is 0 Å². The van der Waals surface area contributed by atoms with Crippen LogP contribution in [0.5, 0.6) is 0 Å². The van der Waals surface area contributed by atoms with E-state index in [-0.39, 0.29) is 23.9 Å². The average Bonchev–Trinajstić information content (AvgIpc) is 2.39. The van der Waals surface area contributed by atoms with Crippen LogP contribution in [0.1, 0.15) is 64.7 Å². The molecule has 5 nitrogen and oxygen atoms in total. The molecule has 1 atom stereocenters. The third kappa shape index (κ3) is 5.49. The molecule has 0 radical (unpaired) electrons. The summed E-state index contributed by atoms with van der Waals surface area (Å²) in [5.41, 5.74) is -0.0949. The first-order valence-electron chi connectivity index (χ1n) is 7.71. The molecule has 5 heteroatoms. The van der Waals surface area contributed by atoms with Crippen LogP contribution in [0.2, 0.25) is 0 Å². The van der Waals surface area contributed by atoms with Crippen molar-refractivity contribution in [2.75, 3.05) is 7.05 Å². The van der Waals surface area contributed by atoms with Gasteiger partial charge in [-0.05, 0) is 26.3 Å². The van der Waals surface area contributed by atoms with Crippen molar-refractivity contribution >= 4 is 11.9 Å². The molecule has 1 saturated carbocycles. The van der Waals surface area contributed by atoms with E-state index in [9.17, 15) is 9.59 Å². The summed E-state index contributed by atoms with van der Waals surface area (Å²) in [5, 5.41) is 15.1. The zero-order valence-electron chi connectivity index (χ0n) is 12.7. The zero-order valence-corrected chi connectivity index (χ0v) is 12.7. The van der Waals surface area contributed by atoms with Crippen LogP contribution in [0.25, 0.3) is 0 Å². The molecule has 0 bridgehead atoms. The third-order valence-corrected chi connectivity index (χ3v) is 4.26. The van der Waals surface area contributed by atoms with E-state index >= 15 is 0 Å². The van der Waals surface area contributed by atoms with Crippen molar-refractivity contribution < 1.29 is 14.7 Å². The fourth-order valence-electron chi connectivity index (χ4n) is 3.11. The predicted octanol–water partition coefficient (Wildman–Crippen LogP) is 2.06. The van der Waals surface area contributed by atoms with E-state index in [0.29, 0.717) is 12.8 Å². The lowest BCUT2D eigenvalue weighted by Gasteiger charge is -2.37. The van der Waals surface area contributed by atoms with E-state index in [2.05, 4.69) is 10.6 Å². The lowest BCUT2D eigenvalue weighted by Crippen LogP contribution is -2.49. The average molecular weight is 284 g/mol. The summed E-state index contributed by atoms with van der Waals surface area (Å²) in [6.07, 6.45) is 7.63. The number of amides is 1.